The van der Waals surface area contributed by atoms with Crippen LogP contribution in [-0.4, -0.2) is 12.4 Å². The van der Waals surface area contributed by atoms with Gasteiger partial charge in [-0.25, -0.2) is 0 Å². The summed E-state index contributed by atoms with van der Waals surface area (Å²) in [5, 5.41) is 0. The van der Waals surface area contributed by atoms with Gasteiger partial charge in [-0.05, 0) is 23.6 Å². The van der Waals surface area contributed by atoms with Crippen molar-refractivity contribution in [2.45, 2.75) is 18.0 Å². The molecule has 0 radical (unpaired) electrons. The number of rotatable bonds is 1. The number of benzene rings is 2. The normalized spacial score (nSPS) is 25.9. The Bertz CT molecular complexity index is 681. The largest absolute Gasteiger partial charge is 0.403 e. The van der Waals surface area contributed by atoms with Gasteiger partial charge in [0.05, 0.1) is 5.69 Å². The van der Waals surface area contributed by atoms with Gasteiger partial charge in [0.25, 0.3) is 0 Å². The lowest BCUT2D eigenvalue weighted by atomic mass is 9.74. The summed E-state index contributed by atoms with van der Waals surface area (Å²) in [6, 6.07) is 14.0. The van der Waals surface area contributed by atoms with E-state index in [1.807, 2.05) is 0 Å². The molecule has 0 bridgehead atoms. The zero-order valence-electron chi connectivity index (χ0n) is 11.4. The molecule has 2 aromatic rings. The van der Waals surface area contributed by atoms with Crippen LogP contribution < -0.4 is 0 Å². The SMILES string of the molecule is [2H]C1c2ccccc2N=C[C@@]1(c1ccccc1)C(F)(F)F. The number of alkyl halides is 3. The molecule has 20 heavy (non-hydrogen) atoms. The van der Waals surface area contributed by atoms with Crippen molar-refractivity contribution in [2.75, 3.05) is 0 Å². The topological polar surface area (TPSA) is 12.4 Å². The first-order chi connectivity index (χ1) is 9.97. The van der Waals surface area contributed by atoms with Crippen LogP contribution in [0, 0.1) is 0 Å². The standard InChI is InChI=1S/C16H12F3N/c17-16(18,19)15(13-7-2-1-3-8-13)10-12-6-4-5-9-14(12)20-11-15/h1-9,11H,10H2/t15-/m0/s1/i10D/t10?,15-. The predicted octanol–water partition coefficient (Wildman–Crippen LogP) is 4.45. The van der Waals surface area contributed by atoms with E-state index >= 15 is 0 Å². The number of aliphatic imine (C=N–C) groups is 1. The summed E-state index contributed by atoms with van der Waals surface area (Å²) in [6.45, 7) is 0. The molecule has 1 aliphatic heterocycles. The second-order valence-electron chi connectivity index (χ2n) is 4.69. The van der Waals surface area contributed by atoms with Crippen molar-refractivity contribution in [3.05, 3.63) is 65.7 Å². The van der Waals surface area contributed by atoms with Crippen LogP contribution in [0.5, 0.6) is 0 Å². The summed E-state index contributed by atoms with van der Waals surface area (Å²) in [7, 11) is 0. The van der Waals surface area contributed by atoms with E-state index in [1.165, 1.54) is 18.2 Å². The Morgan fingerprint density at radius 3 is 2.35 bits per heavy atom. The van der Waals surface area contributed by atoms with Crippen molar-refractivity contribution < 1.29 is 14.5 Å². The molecule has 0 spiro atoms. The number of fused-ring (bicyclic) bond motifs is 1. The zero-order chi connectivity index (χ0) is 15.1. The first-order valence-corrected chi connectivity index (χ1v) is 6.15. The summed E-state index contributed by atoms with van der Waals surface area (Å²) < 4.78 is 49.7. The highest BCUT2D eigenvalue weighted by atomic mass is 19.4. The van der Waals surface area contributed by atoms with Crippen LogP contribution in [0.1, 0.15) is 12.5 Å². The van der Waals surface area contributed by atoms with Crippen LogP contribution >= 0.6 is 0 Å². The summed E-state index contributed by atoms with van der Waals surface area (Å²) in [4.78, 5) is 3.97. The third-order valence-corrected chi connectivity index (χ3v) is 3.45. The maximum atomic E-state index is 13.8. The average molecular weight is 276 g/mol. The minimum atomic E-state index is -4.60. The molecule has 0 saturated heterocycles. The van der Waals surface area contributed by atoms with E-state index in [9.17, 15) is 13.2 Å². The van der Waals surface area contributed by atoms with Gasteiger partial charge in [-0.15, -0.1) is 0 Å². The van der Waals surface area contributed by atoms with Gasteiger partial charge >= 0.3 is 6.18 Å². The average Bonchev–Trinajstić information content (AvgIpc) is 2.48. The minimum Gasteiger partial charge on any atom is -0.260 e. The summed E-state index contributed by atoms with van der Waals surface area (Å²) in [6.07, 6.45) is -5.20. The highest BCUT2D eigenvalue weighted by molar-refractivity contribution is 5.81. The molecule has 2 aromatic carbocycles. The molecule has 0 saturated carbocycles. The van der Waals surface area contributed by atoms with E-state index in [-0.39, 0.29) is 5.56 Å². The summed E-state index contributed by atoms with van der Waals surface area (Å²) >= 11 is 0. The van der Waals surface area contributed by atoms with Crippen molar-refractivity contribution in [3.8, 4) is 0 Å². The fourth-order valence-electron chi connectivity index (χ4n) is 2.37. The number of hydrogen-bond acceptors (Lipinski definition) is 1. The monoisotopic (exact) mass is 276 g/mol. The smallest absolute Gasteiger partial charge is 0.260 e. The number of hydrogen-bond donors (Lipinski definition) is 0. The maximum absolute atomic E-state index is 13.8. The van der Waals surface area contributed by atoms with Crippen molar-refractivity contribution in [3.63, 3.8) is 0 Å². The van der Waals surface area contributed by atoms with Crippen molar-refractivity contribution in [1.82, 2.24) is 0 Å². The van der Waals surface area contributed by atoms with Crippen LogP contribution in [0.15, 0.2) is 59.6 Å². The zero-order valence-corrected chi connectivity index (χ0v) is 10.4. The van der Waals surface area contributed by atoms with E-state index in [1.54, 1.807) is 36.4 Å². The Morgan fingerprint density at radius 2 is 1.65 bits per heavy atom. The molecule has 3 rings (SSSR count). The molecular formula is C16H12F3N. The molecule has 102 valence electrons. The van der Waals surface area contributed by atoms with E-state index in [0.717, 1.165) is 6.21 Å². The van der Waals surface area contributed by atoms with Gasteiger partial charge in [-0.2, -0.15) is 13.2 Å². The van der Waals surface area contributed by atoms with Gasteiger partial charge in [0.2, 0.25) is 0 Å². The highest BCUT2D eigenvalue weighted by Crippen LogP contribution is 2.46. The quantitative estimate of drug-likeness (QED) is 0.730. The Balaban J connectivity index is 2.25. The molecular weight excluding hydrogens is 263 g/mol. The number of nitrogens with zero attached hydrogens (tertiary/aromatic N) is 1. The molecule has 0 N–H and O–H groups in total. The third kappa shape index (κ3) is 1.92. The molecule has 2 atom stereocenters. The van der Waals surface area contributed by atoms with E-state index in [0.29, 0.717) is 11.3 Å². The third-order valence-electron chi connectivity index (χ3n) is 3.45. The first kappa shape index (κ1) is 11.7. The maximum Gasteiger partial charge on any atom is 0.403 e. The minimum absolute atomic E-state index is 0.0377. The Morgan fingerprint density at radius 1 is 1.00 bits per heavy atom. The predicted molar refractivity (Wildman–Crippen MR) is 72.5 cm³/mol. The molecule has 1 aliphatic rings. The summed E-state index contributed by atoms with van der Waals surface area (Å²) in [5.41, 5.74) is -1.66. The Labute approximate surface area is 116 Å². The van der Waals surface area contributed by atoms with Gasteiger partial charge in [-0.1, -0.05) is 48.5 Å². The molecule has 1 heterocycles. The lowest BCUT2D eigenvalue weighted by Gasteiger charge is -2.35. The molecule has 0 aromatic heterocycles. The van der Waals surface area contributed by atoms with Crippen LogP contribution in [0.25, 0.3) is 0 Å². The van der Waals surface area contributed by atoms with Gasteiger partial charge in [-0.3, -0.25) is 4.99 Å². The van der Waals surface area contributed by atoms with Crippen LogP contribution in [0.3, 0.4) is 0 Å². The van der Waals surface area contributed by atoms with Crippen LogP contribution in [-0.2, 0) is 11.8 Å². The molecule has 0 aliphatic carbocycles. The second kappa shape index (κ2) is 4.47. The number of para-hydroxylation sites is 1. The fourth-order valence-corrected chi connectivity index (χ4v) is 2.37. The Kier molecular flexibility index (Phi) is 2.62. The van der Waals surface area contributed by atoms with Gasteiger partial charge in [0.15, 0.2) is 0 Å². The molecule has 1 unspecified atom stereocenters. The molecule has 0 amide bonds. The van der Waals surface area contributed by atoms with Gasteiger partial charge < -0.3 is 0 Å². The van der Waals surface area contributed by atoms with Crippen molar-refractivity contribution in [2.24, 2.45) is 4.99 Å². The first-order valence-electron chi connectivity index (χ1n) is 6.73. The molecule has 4 heteroatoms. The second-order valence-corrected chi connectivity index (χ2v) is 4.69. The summed E-state index contributed by atoms with van der Waals surface area (Å²) in [5.74, 6) is 0. The van der Waals surface area contributed by atoms with Crippen molar-refractivity contribution >= 4 is 11.9 Å². The molecule has 0 fully saturated rings. The lowest BCUT2D eigenvalue weighted by molar-refractivity contribution is -0.168. The highest BCUT2D eigenvalue weighted by Gasteiger charge is 2.56. The van der Waals surface area contributed by atoms with Crippen molar-refractivity contribution in [1.29, 1.82) is 0 Å². The van der Waals surface area contributed by atoms with E-state index < -0.39 is 18.0 Å². The molecule has 1 nitrogen and oxygen atoms in total. The Hall–Kier alpha value is -2.10. The van der Waals surface area contributed by atoms with E-state index in [4.69, 9.17) is 1.37 Å². The van der Waals surface area contributed by atoms with E-state index in [2.05, 4.69) is 4.99 Å². The van der Waals surface area contributed by atoms with Crippen LogP contribution in [0.4, 0.5) is 18.9 Å². The van der Waals surface area contributed by atoms with Crippen LogP contribution in [0.2, 0.25) is 0 Å². The fraction of sp³-hybridized carbons (Fsp3) is 0.188. The van der Waals surface area contributed by atoms with Gasteiger partial charge in [0.1, 0.15) is 5.41 Å². The lowest BCUT2D eigenvalue weighted by Crippen LogP contribution is -2.46. The van der Waals surface area contributed by atoms with Gasteiger partial charge in [0, 0.05) is 7.59 Å². The number of halogens is 3.